The lowest BCUT2D eigenvalue weighted by Gasteiger charge is -1.97. The fourth-order valence-corrected chi connectivity index (χ4v) is 2.19. The number of aromatic nitrogens is 1. The van der Waals surface area contributed by atoms with E-state index in [0.717, 1.165) is 16.0 Å². The Morgan fingerprint density at radius 3 is 2.73 bits per heavy atom. The van der Waals surface area contributed by atoms with E-state index in [1.54, 1.807) is 18.2 Å². The summed E-state index contributed by atoms with van der Waals surface area (Å²) in [5.41, 5.74) is 0.685. The lowest BCUT2D eigenvalue weighted by molar-refractivity contribution is -0.137. The zero-order valence-electron chi connectivity index (χ0n) is 7.64. The molecule has 2 aromatic rings. The van der Waals surface area contributed by atoms with Crippen LogP contribution in [0.15, 0.2) is 29.1 Å². The van der Waals surface area contributed by atoms with Crippen LogP contribution in [0.5, 0.6) is 0 Å². The van der Waals surface area contributed by atoms with Crippen LogP contribution in [-0.4, -0.2) is 21.1 Å². The van der Waals surface area contributed by atoms with Crippen LogP contribution >= 0.6 is 11.3 Å². The molecule has 6 heteroatoms. The van der Waals surface area contributed by atoms with E-state index in [4.69, 9.17) is 5.11 Å². The number of nitrogens with zero attached hydrogens (tertiary/aromatic N) is 1. The molecule has 1 aromatic heterocycles. The van der Waals surface area contributed by atoms with Crippen molar-refractivity contribution >= 4 is 27.5 Å². The molecule has 2 rings (SSSR count). The van der Waals surface area contributed by atoms with Gasteiger partial charge in [-0.25, -0.2) is 0 Å². The molecule has 80 valence electrons. The van der Waals surface area contributed by atoms with Crippen LogP contribution in [0, 0.1) is 0 Å². The van der Waals surface area contributed by atoms with Gasteiger partial charge < -0.3 is 10.6 Å². The maximum absolute atomic E-state index is 11.4. The standard InChI is InChI=1S/C9H7NO3S.H2O/c11-8(12)5-10-6-3-1-2-4-7(6)14-9(10)13;/h1-4H,5H2,(H,11,12);1H2. The molecule has 0 saturated heterocycles. The first-order valence-electron chi connectivity index (χ1n) is 3.98. The number of carbonyl (C=O) groups is 1. The molecule has 15 heavy (non-hydrogen) atoms. The van der Waals surface area contributed by atoms with Gasteiger partial charge in [0.2, 0.25) is 0 Å². The van der Waals surface area contributed by atoms with E-state index in [1.165, 1.54) is 4.57 Å². The zero-order chi connectivity index (χ0) is 10.1. The second-order valence-corrected chi connectivity index (χ2v) is 3.81. The van der Waals surface area contributed by atoms with Crippen LogP contribution in [0.4, 0.5) is 0 Å². The molecule has 1 aromatic carbocycles. The van der Waals surface area contributed by atoms with Gasteiger partial charge in [-0.15, -0.1) is 0 Å². The molecule has 0 aliphatic rings. The van der Waals surface area contributed by atoms with E-state index in [0.29, 0.717) is 5.52 Å². The van der Waals surface area contributed by atoms with Gasteiger partial charge >= 0.3 is 10.8 Å². The second kappa shape index (κ2) is 4.24. The Morgan fingerprint density at radius 2 is 2.07 bits per heavy atom. The monoisotopic (exact) mass is 227 g/mol. The molecule has 0 atom stereocenters. The minimum atomic E-state index is -1.00. The molecule has 0 spiro atoms. The summed E-state index contributed by atoms with van der Waals surface area (Å²) in [5, 5.41) is 8.61. The van der Waals surface area contributed by atoms with Gasteiger partial charge in [0.1, 0.15) is 6.54 Å². The molecule has 5 nitrogen and oxygen atoms in total. The molecule has 0 radical (unpaired) electrons. The predicted octanol–water partition coefficient (Wildman–Crippen LogP) is 0.323. The predicted molar refractivity (Wildman–Crippen MR) is 57.3 cm³/mol. The van der Waals surface area contributed by atoms with Crippen LogP contribution in [0.3, 0.4) is 0 Å². The summed E-state index contributed by atoms with van der Waals surface area (Å²) in [6.45, 7) is -0.275. The quantitative estimate of drug-likeness (QED) is 0.801. The van der Waals surface area contributed by atoms with E-state index >= 15 is 0 Å². The molecule has 0 fully saturated rings. The summed E-state index contributed by atoms with van der Waals surface area (Å²) >= 11 is 1.06. The van der Waals surface area contributed by atoms with Crippen molar-refractivity contribution in [1.82, 2.24) is 4.57 Å². The van der Waals surface area contributed by atoms with Gasteiger partial charge in [-0.2, -0.15) is 0 Å². The minimum Gasteiger partial charge on any atom is -0.480 e. The third kappa shape index (κ3) is 2.05. The van der Waals surface area contributed by atoms with E-state index in [1.807, 2.05) is 6.07 Å². The van der Waals surface area contributed by atoms with E-state index in [-0.39, 0.29) is 16.9 Å². The van der Waals surface area contributed by atoms with Gasteiger partial charge in [0, 0.05) is 0 Å². The van der Waals surface area contributed by atoms with Crippen molar-refractivity contribution in [3.8, 4) is 0 Å². The molecular weight excluding hydrogens is 218 g/mol. The first kappa shape index (κ1) is 11.4. The lowest BCUT2D eigenvalue weighted by Crippen LogP contribution is -2.18. The fraction of sp³-hybridized carbons (Fsp3) is 0.111. The van der Waals surface area contributed by atoms with E-state index < -0.39 is 5.97 Å². The van der Waals surface area contributed by atoms with Gasteiger partial charge in [-0.1, -0.05) is 23.5 Å². The zero-order valence-corrected chi connectivity index (χ0v) is 8.45. The molecule has 1 heterocycles. The highest BCUT2D eigenvalue weighted by atomic mass is 32.1. The number of para-hydroxylation sites is 1. The third-order valence-electron chi connectivity index (χ3n) is 1.87. The SMILES string of the molecule is O.O=C(O)Cn1c(=O)sc2ccccc21. The third-order valence-corrected chi connectivity index (χ3v) is 2.83. The first-order valence-corrected chi connectivity index (χ1v) is 4.80. The Balaban J connectivity index is 0.00000112. The average molecular weight is 227 g/mol. The molecule has 0 aliphatic heterocycles. The summed E-state index contributed by atoms with van der Waals surface area (Å²) < 4.78 is 2.08. The van der Waals surface area contributed by atoms with Gasteiger partial charge in [-0.3, -0.25) is 14.2 Å². The van der Waals surface area contributed by atoms with Gasteiger partial charge in [0.05, 0.1) is 10.2 Å². The number of aliphatic carboxylic acids is 1. The van der Waals surface area contributed by atoms with Crippen molar-refractivity contribution < 1.29 is 15.4 Å². The Hall–Kier alpha value is -1.66. The number of fused-ring (bicyclic) bond motifs is 1. The number of rotatable bonds is 2. The summed E-state index contributed by atoms with van der Waals surface area (Å²) in [7, 11) is 0. The molecule has 0 unspecified atom stereocenters. The Bertz CT molecular complexity index is 542. The summed E-state index contributed by atoms with van der Waals surface area (Å²) in [6.07, 6.45) is 0. The Morgan fingerprint density at radius 1 is 1.40 bits per heavy atom. The van der Waals surface area contributed by atoms with Crippen molar-refractivity contribution in [2.45, 2.75) is 6.54 Å². The van der Waals surface area contributed by atoms with Crippen molar-refractivity contribution in [3.63, 3.8) is 0 Å². The molecule has 0 saturated carbocycles. The van der Waals surface area contributed by atoms with Gasteiger partial charge in [-0.05, 0) is 12.1 Å². The largest absolute Gasteiger partial charge is 0.480 e. The molecule has 0 amide bonds. The van der Waals surface area contributed by atoms with Crippen LogP contribution < -0.4 is 4.87 Å². The summed E-state index contributed by atoms with van der Waals surface area (Å²) in [4.78, 5) is 21.7. The molecule has 3 N–H and O–H groups in total. The molecule has 0 aliphatic carbocycles. The first-order chi connectivity index (χ1) is 6.68. The average Bonchev–Trinajstić information content (AvgIpc) is 2.43. The smallest absolute Gasteiger partial charge is 0.323 e. The van der Waals surface area contributed by atoms with E-state index in [2.05, 4.69) is 0 Å². The maximum atomic E-state index is 11.4. The fourth-order valence-electron chi connectivity index (χ4n) is 1.30. The Labute approximate surface area is 88.5 Å². The lowest BCUT2D eigenvalue weighted by atomic mass is 10.3. The topological polar surface area (TPSA) is 90.8 Å². The number of carboxylic acid groups (broad SMARTS) is 1. The molecular formula is C9H9NO4S. The summed E-state index contributed by atoms with van der Waals surface area (Å²) in [5.74, 6) is -1.00. The van der Waals surface area contributed by atoms with Crippen LogP contribution in [-0.2, 0) is 11.3 Å². The highest BCUT2D eigenvalue weighted by molar-refractivity contribution is 7.16. The van der Waals surface area contributed by atoms with Crippen LogP contribution in [0.2, 0.25) is 0 Å². The highest BCUT2D eigenvalue weighted by Crippen LogP contribution is 2.15. The van der Waals surface area contributed by atoms with Crippen LogP contribution in [0.1, 0.15) is 0 Å². The number of carboxylic acids is 1. The summed E-state index contributed by atoms with van der Waals surface area (Å²) in [6, 6.07) is 7.16. The number of hydrogen-bond acceptors (Lipinski definition) is 3. The van der Waals surface area contributed by atoms with Gasteiger partial charge in [0.25, 0.3) is 0 Å². The number of benzene rings is 1. The number of hydrogen-bond donors (Lipinski definition) is 1. The van der Waals surface area contributed by atoms with Crippen molar-refractivity contribution in [3.05, 3.63) is 33.9 Å². The van der Waals surface area contributed by atoms with Crippen molar-refractivity contribution in [2.24, 2.45) is 0 Å². The number of thiazole rings is 1. The van der Waals surface area contributed by atoms with E-state index in [9.17, 15) is 9.59 Å². The van der Waals surface area contributed by atoms with Crippen LogP contribution in [0.25, 0.3) is 10.2 Å². The minimum absolute atomic E-state index is 0. The van der Waals surface area contributed by atoms with Crippen molar-refractivity contribution in [2.75, 3.05) is 0 Å². The second-order valence-electron chi connectivity index (χ2n) is 2.82. The maximum Gasteiger partial charge on any atom is 0.323 e. The van der Waals surface area contributed by atoms with Crippen molar-refractivity contribution in [1.29, 1.82) is 0 Å². The van der Waals surface area contributed by atoms with Gasteiger partial charge in [0.15, 0.2) is 0 Å². The highest BCUT2D eigenvalue weighted by Gasteiger charge is 2.08. The Kier molecular flexibility index (Phi) is 3.23. The molecule has 0 bridgehead atoms. The normalized spacial score (nSPS) is 9.87.